The molecule has 0 unspecified atom stereocenters. The number of carbonyl (C=O) groups is 1. The van der Waals surface area contributed by atoms with E-state index in [-0.39, 0.29) is 11.7 Å². The predicted octanol–water partition coefficient (Wildman–Crippen LogP) is 2.80. The SMILES string of the molecule is Cn1nccc1NC(=O)c1ccnc(Cc2ccccc2F)c1. The summed E-state index contributed by atoms with van der Waals surface area (Å²) in [5.74, 6) is 0.0623. The molecule has 23 heavy (non-hydrogen) atoms. The number of anilines is 1. The van der Waals surface area contributed by atoms with E-state index in [2.05, 4.69) is 15.4 Å². The third kappa shape index (κ3) is 3.42. The summed E-state index contributed by atoms with van der Waals surface area (Å²) in [6.45, 7) is 0. The Balaban J connectivity index is 1.78. The van der Waals surface area contributed by atoms with Crippen molar-refractivity contribution >= 4 is 11.7 Å². The Bertz CT molecular complexity index is 844. The number of benzene rings is 1. The lowest BCUT2D eigenvalue weighted by Crippen LogP contribution is -2.15. The summed E-state index contributed by atoms with van der Waals surface area (Å²) in [7, 11) is 1.74. The molecule has 1 aromatic carbocycles. The number of halogens is 1. The molecule has 5 nitrogen and oxygen atoms in total. The van der Waals surface area contributed by atoms with E-state index in [0.717, 1.165) is 0 Å². The molecule has 3 aromatic rings. The Labute approximate surface area is 132 Å². The Hall–Kier alpha value is -3.02. The smallest absolute Gasteiger partial charge is 0.256 e. The molecule has 0 fully saturated rings. The average molecular weight is 310 g/mol. The number of hydrogen-bond donors (Lipinski definition) is 1. The minimum atomic E-state index is -0.279. The molecule has 1 amide bonds. The van der Waals surface area contributed by atoms with Crippen molar-refractivity contribution in [2.24, 2.45) is 7.05 Å². The van der Waals surface area contributed by atoms with Gasteiger partial charge in [0.1, 0.15) is 11.6 Å². The lowest BCUT2D eigenvalue weighted by molar-refractivity contribution is 0.102. The molecular formula is C17H15FN4O. The van der Waals surface area contributed by atoms with E-state index in [1.54, 1.807) is 60.5 Å². The second-order valence-electron chi connectivity index (χ2n) is 5.10. The van der Waals surface area contributed by atoms with Crippen LogP contribution in [0.5, 0.6) is 0 Å². The van der Waals surface area contributed by atoms with Gasteiger partial charge in [-0.1, -0.05) is 18.2 Å². The predicted molar refractivity (Wildman–Crippen MR) is 84.6 cm³/mol. The van der Waals surface area contributed by atoms with Crippen LogP contribution in [0, 0.1) is 5.82 Å². The zero-order chi connectivity index (χ0) is 16.2. The summed E-state index contributed by atoms with van der Waals surface area (Å²) in [6, 6.07) is 11.5. The maximum absolute atomic E-state index is 13.7. The zero-order valence-electron chi connectivity index (χ0n) is 12.5. The molecular weight excluding hydrogens is 295 g/mol. The number of amides is 1. The van der Waals surface area contributed by atoms with Crippen LogP contribution in [-0.2, 0) is 13.5 Å². The molecule has 0 aliphatic carbocycles. The molecule has 0 saturated heterocycles. The minimum absolute atomic E-state index is 0.259. The topological polar surface area (TPSA) is 59.8 Å². The van der Waals surface area contributed by atoms with Crippen LogP contribution in [0.25, 0.3) is 0 Å². The van der Waals surface area contributed by atoms with Gasteiger partial charge in [-0.3, -0.25) is 14.5 Å². The van der Waals surface area contributed by atoms with Crippen LogP contribution >= 0.6 is 0 Å². The highest BCUT2D eigenvalue weighted by Gasteiger charge is 2.10. The quantitative estimate of drug-likeness (QED) is 0.806. The molecule has 6 heteroatoms. The number of rotatable bonds is 4. The first-order valence-electron chi connectivity index (χ1n) is 7.11. The van der Waals surface area contributed by atoms with Gasteiger partial charge in [0.25, 0.3) is 5.91 Å². The molecule has 3 rings (SSSR count). The monoisotopic (exact) mass is 310 g/mol. The van der Waals surface area contributed by atoms with Crippen LogP contribution in [-0.4, -0.2) is 20.7 Å². The van der Waals surface area contributed by atoms with Crippen LogP contribution in [0.2, 0.25) is 0 Å². The van der Waals surface area contributed by atoms with Gasteiger partial charge in [-0.05, 0) is 23.8 Å². The van der Waals surface area contributed by atoms with E-state index >= 15 is 0 Å². The van der Waals surface area contributed by atoms with Crippen molar-refractivity contribution < 1.29 is 9.18 Å². The summed E-state index contributed by atoms with van der Waals surface area (Å²) in [6.07, 6.45) is 3.49. The van der Waals surface area contributed by atoms with Crippen LogP contribution < -0.4 is 5.32 Å². The molecule has 116 valence electrons. The summed E-state index contributed by atoms with van der Waals surface area (Å²) in [5.41, 5.74) is 1.64. The second kappa shape index (κ2) is 6.39. The van der Waals surface area contributed by atoms with Gasteiger partial charge in [0, 0.05) is 37.0 Å². The first-order valence-corrected chi connectivity index (χ1v) is 7.11. The molecule has 0 saturated carbocycles. The van der Waals surface area contributed by atoms with Gasteiger partial charge in [0.15, 0.2) is 0 Å². The fourth-order valence-electron chi connectivity index (χ4n) is 2.24. The molecule has 0 bridgehead atoms. The van der Waals surface area contributed by atoms with Gasteiger partial charge < -0.3 is 5.32 Å². The van der Waals surface area contributed by atoms with Crippen molar-refractivity contribution in [1.82, 2.24) is 14.8 Å². The summed E-state index contributed by atoms with van der Waals surface area (Å²) in [5, 5.41) is 6.76. The lowest BCUT2D eigenvalue weighted by Gasteiger charge is -2.07. The molecule has 0 spiro atoms. The van der Waals surface area contributed by atoms with Crippen LogP contribution in [0.3, 0.4) is 0 Å². The highest BCUT2D eigenvalue weighted by Crippen LogP contribution is 2.13. The highest BCUT2D eigenvalue weighted by molar-refractivity contribution is 6.03. The number of pyridine rings is 1. The van der Waals surface area contributed by atoms with Gasteiger partial charge in [-0.15, -0.1) is 0 Å². The molecule has 0 aliphatic rings. The maximum atomic E-state index is 13.7. The zero-order valence-corrected chi connectivity index (χ0v) is 12.5. The van der Waals surface area contributed by atoms with Crippen LogP contribution in [0.15, 0.2) is 54.9 Å². The van der Waals surface area contributed by atoms with Crippen molar-refractivity contribution in [2.75, 3.05) is 5.32 Å². The standard InChI is InChI=1S/C17H15FN4O/c1-22-16(7-9-20-22)21-17(23)13-6-8-19-14(11-13)10-12-4-2-3-5-15(12)18/h2-9,11H,10H2,1H3,(H,21,23). The number of aromatic nitrogens is 3. The normalized spacial score (nSPS) is 10.5. The number of aryl methyl sites for hydroxylation is 1. The van der Waals surface area contributed by atoms with Gasteiger partial charge in [0.2, 0.25) is 0 Å². The van der Waals surface area contributed by atoms with Crippen molar-refractivity contribution in [3.63, 3.8) is 0 Å². The minimum Gasteiger partial charge on any atom is -0.307 e. The first-order chi connectivity index (χ1) is 11.1. The van der Waals surface area contributed by atoms with Crippen molar-refractivity contribution in [1.29, 1.82) is 0 Å². The van der Waals surface area contributed by atoms with Gasteiger partial charge in [-0.25, -0.2) is 4.39 Å². The number of nitrogens with one attached hydrogen (secondary N) is 1. The van der Waals surface area contributed by atoms with E-state index in [0.29, 0.717) is 29.1 Å². The Morgan fingerprint density at radius 2 is 2.04 bits per heavy atom. The van der Waals surface area contributed by atoms with Crippen LogP contribution in [0.1, 0.15) is 21.6 Å². The van der Waals surface area contributed by atoms with Crippen molar-refractivity contribution in [2.45, 2.75) is 6.42 Å². The van der Waals surface area contributed by atoms with Gasteiger partial charge >= 0.3 is 0 Å². The first kappa shape index (κ1) is 14.9. The van der Waals surface area contributed by atoms with E-state index < -0.39 is 0 Å². The number of carbonyl (C=O) groups excluding carboxylic acids is 1. The fraction of sp³-hybridized carbons (Fsp3) is 0.118. The molecule has 0 radical (unpaired) electrons. The molecule has 1 N–H and O–H groups in total. The maximum Gasteiger partial charge on any atom is 0.256 e. The van der Waals surface area contributed by atoms with Crippen molar-refractivity contribution in [3.05, 3.63) is 77.5 Å². The lowest BCUT2D eigenvalue weighted by atomic mass is 10.1. The van der Waals surface area contributed by atoms with Gasteiger partial charge in [0.05, 0.1) is 6.20 Å². The Morgan fingerprint density at radius 3 is 2.78 bits per heavy atom. The largest absolute Gasteiger partial charge is 0.307 e. The molecule has 0 aliphatic heterocycles. The number of nitrogens with zero attached hydrogens (tertiary/aromatic N) is 3. The summed E-state index contributed by atoms with van der Waals surface area (Å²) < 4.78 is 15.3. The second-order valence-corrected chi connectivity index (χ2v) is 5.10. The molecule has 0 atom stereocenters. The highest BCUT2D eigenvalue weighted by atomic mass is 19.1. The van der Waals surface area contributed by atoms with Crippen molar-refractivity contribution in [3.8, 4) is 0 Å². The van der Waals surface area contributed by atoms with E-state index in [9.17, 15) is 9.18 Å². The van der Waals surface area contributed by atoms with E-state index in [1.807, 2.05) is 0 Å². The Kier molecular flexibility index (Phi) is 4.14. The third-order valence-corrected chi connectivity index (χ3v) is 3.47. The summed E-state index contributed by atoms with van der Waals surface area (Å²) >= 11 is 0. The van der Waals surface area contributed by atoms with E-state index in [4.69, 9.17) is 0 Å². The third-order valence-electron chi connectivity index (χ3n) is 3.47. The van der Waals surface area contributed by atoms with Gasteiger partial charge in [-0.2, -0.15) is 5.10 Å². The summed E-state index contributed by atoms with van der Waals surface area (Å²) in [4.78, 5) is 16.5. The molecule has 2 heterocycles. The van der Waals surface area contributed by atoms with Crippen LogP contribution in [0.4, 0.5) is 10.2 Å². The van der Waals surface area contributed by atoms with E-state index in [1.165, 1.54) is 6.07 Å². The molecule has 2 aromatic heterocycles. The fourth-order valence-corrected chi connectivity index (χ4v) is 2.24. The number of hydrogen-bond acceptors (Lipinski definition) is 3. The average Bonchev–Trinajstić information content (AvgIpc) is 2.95. The Morgan fingerprint density at radius 1 is 1.22 bits per heavy atom.